The molecule has 0 aliphatic heterocycles. The number of rotatable bonds is 9. The summed E-state index contributed by atoms with van der Waals surface area (Å²) in [5, 5.41) is 9.67. The van der Waals surface area contributed by atoms with Crippen LogP contribution in [-0.2, 0) is 0 Å². The highest BCUT2D eigenvalue weighted by Gasteiger charge is 2.05. The Morgan fingerprint density at radius 2 is 1.70 bits per heavy atom. The summed E-state index contributed by atoms with van der Waals surface area (Å²) >= 11 is 1.78. The Morgan fingerprint density at radius 1 is 0.957 bits per heavy atom. The van der Waals surface area contributed by atoms with Crippen molar-refractivity contribution in [3.05, 3.63) is 36.4 Å². The van der Waals surface area contributed by atoms with Gasteiger partial charge in [0.2, 0.25) is 0 Å². The molecule has 0 amide bonds. The van der Waals surface area contributed by atoms with Crippen LogP contribution in [0, 0.1) is 0 Å². The largest absolute Gasteiger partial charge is 0.494 e. The summed E-state index contributed by atoms with van der Waals surface area (Å²) in [4.78, 5) is 1.62. The van der Waals surface area contributed by atoms with Crippen molar-refractivity contribution in [1.82, 2.24) is 10.2 Å². The Kier molecular flexibility index (Phi) is 7.36. The monoisotopic (exact) mass is 332 g/mol. The summed E-state index contributed by atoms with van der Waals surface area (Å²) in [5.41, 5.74) is 1.96. The minimum absolute atomic E-state index is 0.681. The first-order chi connectivity index (χ1) is 11.3. The van der Waals surface area contributed by atoms with Crippen molar-refractivity contribution < 1.29 is 9.64 Å². The molecule has 23 heavy (non-hydrogen) atoms. The van der Waals surface area contributed by atoms with Crippen molar-refractivity contribution in [2.24, 2.45) is 0 Å². The number of nitrogens with one attached hydrogen (secondary N) is 1. The van der Waals surface area contributed by atoms with Crippen LogP contribution in [0.1, 0.15) is 20.8 Å². The Bertz CT molecular complexity index is 568. The number of thioether (sulfide) groups is 1. The Hall–Kier alpha value is -1.59. The molecule has 124 valence electrons. The zero-order valence-electron chi connectivity index (χ0n) is 14.2. The van der Waals surface area contributed by atoms with Crippen LogP contribution in [0.2, 0.25) is 0 Å². The second-order valence-electron chi connectivity index (χ2n) is 5.27. The maximum absolute atomic E-state index is 5.46. The van der Waals surface area contributed by atoms with Gasteiger partial charge in [-0.15, -0.1) is 10.2 Å². The van der Waals surface area contributed by atoms with Crippen LogP contribution in [0.15, 0.2) is 41.4 Å². The van der Waals surface area contributed by atoms with Gasteiger partial charge in [-0.3, -0.25) is 0 Å². The third kappa shape index (κ3) is 5.52. The molecule has 0 radical (unpaired) electrons. The quantitative estimate of drug-likeness (QED) is 0.717. The maximum Gasteiger partial charge on any atom is 0.119 e. The van der Waals surface area contributed by atoms with Crippen LogP contribution in [-0.4, -0.2) is 42.2 Å². The summed E-state index contributed by atoms with van der Waals surface area (Å²) in [6, 6.07) is 12.1. The summed E-state index contributed by atoms with van der Waals surface area (Å²) in [6.45, 7) is 10.7. The van der Waals surface area contributed by atoms with Gasteiger partial charge in [0.25, 0.3) is 0 Å². The first-order valence-corrected chi connectivity index (χ1v) is 9.28. The lowest BCUT2D eigenvalue weighted by Crippen LogP contribution is -3.11. The average Bonchev–Trinajstić information content (AvgIpc) is 2.60. The topological polar surface area (TPSA) is 39.5 Å². The van der Waals surface area contributed by atoms with E-state index in [0.29, 0.717) is 6.61 Å². The van der Waals surface area contributed by atoms with E-state index >= 15 is 0 Å². The van der Waals surface area contributed by atoms with Crippen LogP contribution in [0.5, 0.6) is 5.75 Å². The molecule has 0 aliphatic rings. The van der Waals surface area contributed by atoms with Gasteiger partial charge in [0, 0.05) is 11.3 Å². The van der Waals surface area contributed by atoms with Crippen molar-refractivity contribution in [1.29, 1.82) is 0 Å². The molecule has 5 heteroatoms. The summed E-state index contributed by atoms with van der Waals surface area (Å²) in [5.74, 6) is 1.96. The number of hydrogen-bond donors (Lipinski definition) is 1. The molecule has 0 saturated carbocycles. The summed E-state index contributed by atoms with van der Waals surface area (Å²) in [7, 11) is 0. The van der Waals surface area contributed by atoms with Crippen molar-refractivity contribution >= 4 is 11.8 Å². The fourth-order valence-electron chi connectivity index (χ4n) is 2.34. The van der Waals surface area contributed by atoms with Crippen LogP contribution >= 0.6 is 11.8 Å². The predicted octanol–water partition coefficient (Wildman–Crippen LogP) is 2.56. The molecular weight excluding hydrogens is 306 g/mol. The molecule has 0 bridgehead atoms. The number of ether oxygens (including phenoxy) is 1. The molecule has 0 atom stereocenters. The normalized spacial score (nSPS) is 11.0. The second-order valence-corrected chi connectivity index (χ2v) is 6.38. The second kappa shape index (κ2) is 9.53. The maximum atomic E-state index is 5.46. The van der Waals surface area contributed by atoms with E-state index in [4.69, 9.17) is 4.74 Å². The molecule has 0 unspecified atom stereocenters. The third-order valence-electron chi connectivity index (χ3n) is 3.81. The minimum Gasteiger partial charge on any atom is -0.494 e. The fraction of sp³-hybridized carbons (Fsp3) is 0.444. The standard InChI is InChI=1S/C18H25N3OS/c1-4-21(5-2)13-14-23-18-12-11-17(19-20-18)15-7-9-16(10-8-15)22-6-3/h7-12H,4-6,13-14H2,1-3H3/p+1. The third-order valence-corrected chi connectivity index (χ3v) is 4.73. The van der Waals surface area contributed by atoms with Gasteiger partial charge in [-0.1, -0.05) is 11.8 Å². The average molecular weight is 332 g/mol. The highest BCUT2D eigenvalue weighted by atomic mass is 32.2. The first-order valence-electron chi connectivity index (χ1n) is 8.30. The Balaban J connectivity index is 1.91. The minimum atomic E-state index is 0.681. The van der Waals surface area contributed by atoms with Crippen molar-refractivity contribution in [2.45, 2.75) is 25.8 Å². The Morgan fingerprint density at radius 3 is 2.26 bits per heavy atom. The fourth-order valence-corrected chi connectivity index (χ4v) is 3.21. The van der Waals surface area contributed by atoms with Gasteiger partial charge in [-0.25, -0.2) is 0 Å². The van der Waals surface area contributed by atoms with E-state index in [2.05, 4.69) is 30.1 Å². The number of hydrogen-bond acceptors (Lipinski definition) is 4. The van der Waals surface area contributed by atoms with Gasteiger partial charge in [0.1, 0.15) is 10.8 Å². The van der Waals surface area contributed by atoms with Gasteiger partial charge >= 0.3 is 0 Å². The lowest BCUT2D eigenvalue weighted by atomic mass is 10.1. The van der Waals surface area contributed by atoms with Crippen molar-refractivity contribution in [2.75, 3.05) is 32.0 Å². The van der Waals surface area contributed by atoms with Crippen LogP contribution in [0.25, 0.3) is 11.3 Å². The summed E-state index contributed by atoms with van der Waals surface area (Å²) in [6.07, 6.45) is 0. The lowest BCUT2D eigenvalue weighted by molar-refractivity contribution is -0.893. The van der Waals surface area contributed by atoms with Crippen molar-refractivity contribution in [3.63, 3.8) is 0 Å². The molecular formula is C18H26N3OS+. The van der Waals surface area contributed by atoms with Gasteiger partial charge in [0.15, 0.2) is 0 Å². The molecule has 1 heterocycles. The van der Waals surface area contributed by atoms with E-state index in [1.807, 2.05) is 37.3 Å². The van der Waals surface area contributed by atoms with E-state index in [-0.39, 0.29) is 0 Å². The first kappa shape index (κ1) is 17.8. The van der Waals surface area contributed by atoms with Crippen LogP contribution < -0.4 is 9.64 Å². The molecule has 2 aromatic rings. The summed E-state index contributed by atoms with van der Waals surface area (Å²) < 4.78 is 5.46. The molecule has 1 N–H and O–H groups in total. The molecule has 2 rings (SSSR count). The molecule has 0 saturated heterocycles. The zero-order chi connectivity index (χ0) is 16.5. The highest BCUT2D eigenvalue weighted by molar-refractivity contribution is 7.99. The predicted molar refractivity (Wildman–Crippen MR) is 96.3 cm³/mol. The SMILES string of the molecule is CCOc1ccc(-c2ccc(SCC[NH+](CC)CC)nn2)cc1. The van der Waals surface area contributed by atoms with Gasteiger partial charge in [0.05, 0.1) is 31.9 Å². The Labute approximate surface area is 143 Å². The van der Waals surface area contributed by atoms with E-state index in [1.165, 1.54) is 19.6 Å². The van der Waals surface area contributed by atoms with E-state index in [9.17, 15) is 0 Å². The highest BCUT2D eigenvalue weighted by Crippen LogP contribution is 2.22. The van der Waals surface area contributed by atoms with Gasteiger partial charge in [-0.05, 0) is 57.2 Å². The van der Waals surface area contributed by atoms with Gasteiger partial charge in [-0.2, -0.15) is 0 Å². The van der Waals surface area contributed by atoms with Crippen LogP contribution in [0.4, 0.5) is 0 Å². The smallest absolute Gasteiger partial charge is 0.119 e. The number of benzene rings is 1. The van der Waals surface area contributed by atoms with Gasteiger partial charge < -0.3 is 9.64 Å². The number of nitrogens with zero attached hydrogens (tertiary/aromatic N) is 2. The van der Waals surface area contributed by atoms with E-state index < -0.39 is 0 Å². The number of quaternary nitrogens is 1. The van der Waals surface area contributed by atoms with Crippen molar-refractivity contribution in [3.8, 4) is 17.0 Å². The molecule has 4 nitrogen and oxygen atoms in total. The van der Waals surface area contributed by atoms with E-state index in [1.54, 1.807) is 16.7 Å². The molecule has 1 aromatic heterocycles. The molecule has 1 aromatic carbocycles. The molecule has 0 spiro atoms. The van der Waals surface area contributed by atoms with E-state index in [0.717, 1.165) is 27.8 Å². The van der Waals surface area contributed by atoms with Crippen LogP contribution in [0.3, 0.4) is 0 Å². The number of aromatic nitrogens is 2. The lowest BCUT2D eigenvalue weighted by Gasteiger charge is -2.14. The molecule has 0 aliphatic carbocycles. The zero-order valence-corrected chi connectivity index (χ0v) is 15.0. The molecule has 0 fully saturated rings.